The van der Waals surface area contributed by atoms with Gasteiger partial charge in [0.2, 0.25) is 5.91 Å². The summed E-state index contributed by atoms with van der Waals surface area (Å²) in [5.41, 5.74) is 0.669. The summed E-state index contributed by atoms with van der Waals surface area (Å²) in [5, 5.41) is 2.99. The molecule has 0 unspecified atom stereocenters. The lowest BCUT2D eigenvalue weighted by Crippen LogP contribution is -2.39. The minimum Gasteiger partial charge on any atom is -0.352 e. The largest absolute Gasteiger partial charge is 0.352 e. The maximum Gasteiger partial charge on any atom is 0.252 e. The number of unbranched alkanes of at least 4 members (excludes halogenated alkanes) is 2. The SMILES string of the molecule is CCCCCNC(=O)c1ccccc1SCC(=O)N(C)C1CCCCC1. The third-order valence-corrected chi connectivity index (χ3v) is 6.12. The molecule has 0 radical (unpaired) electrons. The van der Waals surface area contributed by atoms with Crippen molar-refractivity contribution in [2.45, 2.75) is 69.2 Å². The predicted molar refractivity (Wildman–Crippen MR) is 109 cm³/mol. The number of hydrogen-bond donors (Lipinski definition) is 1. The molecule has 0 spiro atoms. The van der Waals surface area contributed by atoms with Gasteiger partial charge in [0, 0.05) is 24.5 Å². The Labute approximate surface area is 162 Å². The molecule has 5 heteroatoms. The Morgan fingerprint density at radius 3 is 2.62 bits per heavy atom. The van der Waals surface area contributed by atoms with Crippen LogP contribution in [-0.2, 0) is 4.79 Å². The van der Waals surface area contributed by atoms with Crippen LogP contribution in [0.1, 0.15) is 68.6 Å². The van der Waals surface area contributed by atoms with Crippen molar-refractivity contribution in [1.82, 2.24) is 10.2 Å². The molecule has 2 rings (SSSR count). The van der Waals surface area contributed by atoms with E-state index in [0.29, 0.717) is 23.9 Å². The van der Waals surface area contributed by atoms with Gasteiger partial charge in [0.25, 0.3) is 5.91 Å². The van der Waals surface area contributed by atoms with Crippen molar-refractivity contribution in [2.24, 2.45) is 0 Å². The molecule has 0 aliphatic heterocycles. The van der Waals surface area contributed by atoms with Gasteiger partial charge in [-0.25, -0.2) is 0 Å². The lowest BCUT2D eigenvalue weighted by atomic mass is 9.94. The van der Waals surface area contributed by atoms with Crippen molar-refractivity contribution < 1.29 is 9.59 Å². The number of nitrogens with zero attached hydrogens (tertiary/aromatic N) is 1. The molecule has 1 aliphatic rings. The summed E-state index contributed by atoms with van der Waals surface area (Å²) < 4.78 is 0. The van der Waals surface area contributed by atoms with Crippen LogP contribution in [0.3, 0.4) is 0 Å². The van der Waals surface area contributed by atoms with E-state index < -0.39 is 0 Å². The molecule has 0 saturated heterocycles. The molecule has 1 N–H and O–H groups in total. The number of carbonyl (C=O) groups is 2. The van der Waals surface area contributed by atoms with Crippen LogP contribution in [0.5, 0.6) is 0 Å². The Morgan fingerprint density at radius 2 is 1.88 bits per heavy atom. The lowest BCUT2D eigenvalue weighted by Gasteiger charge is -2.31. The zero-order valence-corrected chi connectivity index (χ0v) is 16.9. The first-order valence-corrected chi connectivity index (χ1v) is 10.9. The van der Waals surface area contributed by atoms with E-state index in [1.165, 1.54) is 31.0 Å². The molecule has 0 aromatic heterocycles. The van der Waals surface area contributed by atoms with Crippen molar-refractivity contribution in [3.05, 3.63) is 29.8 Å². The summed E-state index contributed by atoms with van der Waals surface area (Å²) >= 11 is 1.47. The zero-order chi connectivity index (χ0) is 18.8. The Hall–Kier alpha value is -1.49. The van der Waals surface area contributed by atoms with E-state index in [1.807, 2.05) is 36.2 Å². The average molecular weight is 377 g/mol. The first-order valence-electron chi connectivity index (χ1n) is 9.89. The maximum atomic E-state index is 12.5. The monoisotopic (exact) mass is 376 g/mol. The van der Waals surface area contributed by atoms with Gasteiger partial charge in [-0.3, -0.25) is 9.59 Å². The van der Waals surface area contributed by atoms with Gasteiger partial charge in [-0.1, -0.05) is 51.2 Å². The lowest BCUT2D eigenvalue weighted by molar-refractivity contribution is -0.129. The molecular formula is C21H32N2O2S. The number of amides is 2. The van der Waals surface area contributed by atoms with Crippen LogP contribution >= 0.6 is 11.8 Å². The standard InChI is InChI=1S/C21H32N2O2S/c1-3-4-10-15-22-21(25)18-13-8-9-14-19(18)26-16-20(24)23(2)17-11-6-5-7-12-17/h8-9,13-14,17H,3-7,10-12,15-16H2,1-2H3,(H,22,25). The van der Waals surface area contributed by atoms with Gasteiger partial charge in [-0.15, -0.1) is 11.8 Å². The van der Waals surface area contributed by atoms with E-state index in [9.17, 15) is 9.59 Å². The first kappa shape index (κ1) is 20.8. The van der Waals surface area contributed by atoms with E-state index in [0.717, 1.165) is 37.0 Å². The van der Waals surface area contributed by atoms with Crippen molar-refractivity contribution in [3.63, 3.8) is 0 Å². The van der Waals surface area contributed by atoms with Crippen molar-refractivity contribution in [3.8, 4) is 0 Å². The van der Waals surface area contributed by atoms with Crippen molar-refractivity contribution in [1.29, 1.82) is 0 Å². The maximum absolute atomic E-state index is 12.5. The second-order valence-electron chi connectivity index (χ2n) is 7.04. The molecule has 1 fully saturated rings. The zero-order valence-electron chi connectivity index (χ0n) is 16.1. The highest BCUT2D eigenvalue weighted by molar-refractivity contribution is 8.00. The molecule has 0 bridgehead atoms. The number of hydrogen-bond acceptors (Lipinski definition) is 3. The number of rotatable bonds is 9. The number of carbonyl (C=O) groups excluding carboxylic acids is 2. The molecule has 144 valence electrons. The molecule has 26 heavy (non-hydrogen) atoms. The molecule has 1 aliphatic carbocycles. The second-order valence-corrected chi connectivity index (χ2v) is 8.06. The van der Waals surface area contributed by atoms with Crippen LogP contribution < -0.4 is 5.32 Å². The molecule has 1 aromatic carbocycles. The summed E-state index contributed by atoms with van der Waals surface area (Å²) in [4.78, 5) is 27.8. The van der Waals surface area contributed by atoms with Gasteiger partial charge in [-0.2, -0.15) is 0 Å². The van der Waals surface area contributed by atoms with Crippen molar-refractivity contribution >= 4 is 23.6 Å². The highest BCUT2D eigenvalue weighted by Gasteiger charge is 2.22. The van der Waals surface area contributed by atoms with Crippen LogP contribution in [0.15, 0.2) is 29.2 Å². The summed E-state index contributed by atoms with van der Waals surface area (Å²) in [6.07, 6.45) is 9.22. The molecular weight excluding hydrogens is 344 g/mol. The van der Waals surface area contributed by atoms with Gasteiger partial charge in [-0.05, 0) is 31.4 Å². The Kier molecular flexibility index (Phi) is 9.02. The smallest absolute Gasteiger partial charge is 0.252 e. The Balaban J connectivity index is 1.88. The third kappa shape index (κ3) is 6.35. The van der Waals surface area contributed by atoms with Gasteiger partial charge in [0.15, 0.2) is 0 Å². The Morgan fingerprint density at radius 1 is 1.15 bits per heavy atom. The summed E-state index contributed by atoms with van der Waals surface area (Å²) in [5.74, 6) is 0.491. The van der Waals surface area contributed by atoms with E-state index in [2.05, 4.69) is 12.2 Å². The number of thioether (sulfide) groups is 1. The minimum absolute atomic E-state index is 0.0442. The van der Waals surface area contributed by atoms with Gasteiger partial charge >= 0.3 is 0 Å². The normalized spacial score (nSPS) is 14.8. The van der Waals surface area contributed by atoms with Gasteiger partial charge in [0.1, 0.15) is 0 Å². The molecule has 4 nitrogen and oxygen atoms in total. The number of nitrogens with one attached hydrogen (secondary N) is 1. The predicted octanol–water partition coefficient (Wildman–Crippen LogP) is 4.49. The fraction of sp³-hybridized carbons (Fsp3) is 0.619. The second kappa shape index (κ2) is 11.3. The van der Waals surface area contributed by atoms with Crippen LogP contribution in [0, 0.1) is 0 Å². The highest BCUT2D eigenvalue weighted by Crippen LogP contribution is 2.25. The van der Waals surface area contributed by atoms with Crippen molar-refractivity contribution in [2.75, 3.05) is 19.3 Å². The van der Waals surface area contributed by atoms with Crippen LogP contribution in [0.2, 0.25) is 0 Å². The molecule has 1 aromatic rings. The van der Waals surface area contributed by atoms with Gasteiger partial charge < -0.3 is 10.2 Å². The minimum atomic E-state index is -0.0442. The topological polar surface area (TPSA) is 49.4 Å². The molecule has 2 amide bonds. The van der Waals surface area contributed by atoms with Gasteiger partial charge in [0.05, 0.1) is 11.3 Å². The Bertz CT molecular complexity index is 585. The van der Waals surface area contributed by atoms with E-state index in [-0.39, 0.29) is 11.8 Å². The fourth-order valence-corrected chi connectivity index (χ4v) is 4.34. The third-order valence-electron chi connectivity index (χ3n) is 5.06. The summed E-state index contributed by atoms with van der Waals surface area (Å²) in [6.45, 7) is 2.85. The molecule has 0 heterocycles. The average Bonchev–Trinajstić information content (AvgIpc) is 2.69. The summed E-state index contributed by atoms with van der Waals surface area (Å²) in [6, 6.07) is 7.95. The van der Waals surface area contributed by atoms with E-state index >= 15 is 0 Å². The van der Waals surface area contributed by atoms with Crippen LogP contribution in [0.25, 0.3) is 0 Å². The quantitative estimate of drug-likeness (QED) is 0.510. The van der Waals surface area contributed by atoms with E-state index in [4.69, 9.17) is 0 Å². The highest BCUT2D eigenvalue weighted by atomic mass is 32.2. The fourth-order valence-electron chi connectivity index (χ4n) is 3.37. The summed E-state index contributed by atoms with van der Waals surface area (Å²) in [7, 11) is 1.92. The van der Waals surface area contributed by atoms with E-state index in [1.54, 1.807) is 0 Å². The van der Waals surface area contributed by atoms with Crippen LogP contribution in [0.4, 0.5) is 0 Å². The number of benzene rings is 1. The first-order chi connectivity index (χ1) is 12.6. The molecule has 0 atom stereocenters. The molecule has 1 saturated carbocycles. The van der Waals surface area contributed by atoms with Crippen LogP contribution in [-0.4, -0.2) is 42.1 Å².